The number of rotatable bonds is 2. The molecule has 24 heavy (non-hydrogen) atoms. The van der Waals surface area contributed by atoms with Crippen LogP contribution in [-0.4, -0.2) is 94.7 Å². The van der Waals surface area contributed by atoms with E-state index in [1.165, 1.54) is 14.7 Å². The van der Waals surface area contributed by atoms with Crippen molar-refractivity contribution >= 4 is 17.9 Å². The van der Waals surface area contributed by atoms with Gasteiger partial charge in [-0.25, -0.2) is 9.59 Å². The molecule has 1 aliphatic carbocycles. The first-order chi connectivity index (χ1) is 11.2. The molecule has 0 aromatic carbocycles. The van der Waals surface area contributed by atoms with E-state index in [-0.39, 0.29) is 31.6 Å². The number of hydrogen-bond donors (Lipinski definition) is 3. The van der Waals surface area contributed by atoms with Gasteiger partial charge in [0.15, 0.2) is 0 Å². The van der Waals surface area contributed by atoms with Gasteiger partial charge in [0.05, 0.1) is 18.6 Å². The molecule has 1 heterocycles. The highest BCUT2D eigenvalue weighted by Crippen LogP contribution is 2.27. The van der Waals surface area contributed by atoms with Crippen LogP contribution in [0.3, 0.4) is 0 Å². The van der Waals surface area contributed by atoms with E-state index in [0.29, 0.717) is 12.8 Å². The largest absolute Gasteiger partial charge is 0.480 e. The molecule has 9 heteroatoms. The lowest BCUT2D eigenvalue weighted by Crippen LogP contribution is -2.63. The number of piperazine rings is 1. The molecular formula is C15H26N4O5. The minimum atomic E-state index is -1.16. The van der Waals surface area contributed by atoms with Crippen LogP contribution < -0.4 is 5.73 Å². The number of carbonyl (C=O) groups excluding carboxylic acids is 2. The van der Waals surface area contributed by atoms with Gasteiger partial charge in [-0.1, -0.05) is 6.42 Å². The number of carboxylic acids is 1. The lowest BCUT2D eigenvalue weighted by atomic mass is 9.82. The van der Waals surface area contributed by atoms with E-state index in [0.717, 1.165) is 6.42 Å². The molecule has 0 radical (unpaired) electrons. The van der Waals surface area contributed by atoms with Crippen molar-refractivity contribution in [2.24, 2.45) is 11.7 Å². The summed E-state index contributed by atoms with van der Waals surface area (Å²) in [5, 5.41) is 19.7. The molecule has 4 N–H and O–H groups in total. The van der Waals surface area contributed by atoms with E-state index in [1.807, 2.05) is 0 Å². The standard InChI is InChI=1S/C15H26N4O5/c1-17(2)15(24)18-6-7-19(11(8-18)14(22)23)13(21)9-4-3-5-10(16)12(9)20/h9-12,20H,3-8,16H2,1-2H3,(H,22,23). The number of aliphatic carboxylic acids is 1. The van der Waals surface area contributed by atoms with E-state index in [9.17, 15) is 24.6 Å². The zero-order valence-corrected chi connectivity index (χ0v) is 14.1. The van der Waals surface area contributed by atoms with Gasteiger partial charge in [-0.15, -0.1) is 0 Å². The third-order valence-electron chi connectivity index (χ3n) is 4.82. The van der Waals surface area contributed by atoms with Crippen molar-refractivity contribution in [3.05, 3.63) is 0 Å². The topological polar surface area (TPSA) is 127 Å². The van der Waals surface area contributed by atoms with Gasteiger partial charge < -0.3 is 30.6 Å². The Bertz CT molecular complexity index is 512. The SMILES string of the molecule is CN(C)C(=O)N1CCN(C(=O)C2CCCC(N)C2O)C(C(=O)O)C1. The molecule has 2 rings (SSSR count). The molecule has 0 aromatic rings. The molecule has 136 valence electrons. The number of aliphatic hydroxyl groups is 1. The Hall–Kier alpha value is -1.87. The van der Waals surface area contributed by atoms with Gasteiger partial charge >= 0.3 is 12.0 Å². The quantitative estimate of drug-likeness (QED) is 0.576. The van der Waals surface area contributed by atoms with E-state index >= 15 is 0 Å². The van der Waals surface area contributed by atoms with Crippen LogP contribution in [0.15, 0.2) is 0 Å². The third-order valence-corrected chi connectivity index (χ3v) is 4.82. The fraction of sp³-hybridized carbons (Fsp3) is 0.800. The van der Waals surface area contributed by atoms with Gasteiger partial charge in [-0.05, 0) is 12.8 Å². The molecule has 3 amide bonds. The summed E-state index contributed by atoms with van der Waals surface area (Å²) in [4.78, 5) is 40.5. The van der Waals surface area contributed by atoms with Crippen molar-refractivity contribution in [1.82, 2.24) is 14.7 Å². The summed E-state index contributed by atoms with van der Waals surface area (Å²) in [5.41, 5.74) is 5.83. The average molecular weight is 342 g/mol. The number of carboxylic acid groups (broad SMARTS) is 1. The van der Waals surface area contributed by atoms with Gasteiger partial charge in [0.25, 0.3) is 0 Å². The number of amides is 3. The Balaban J connectivity index is 2.13. The first-order valence-corrected chi connectivity index (χ1v) is 8.17. The van der Waals surface area contributed by atoms with Gasteiger partial charge in [0, 0.05) is 33.2 Å². The third kappa shape index (κ3) is 3.62. The Morgan fingerprint density at radius 2 is 1.83 bits per heavy atom. The first-order valence-electron chi connectivity index (χ1n) is 8.17. The highest BCUT2D eigenvalue weighted by atomic mass is 16.4. The van der Waals surface area contributed by atoms with Crippen LogP contribution in [0.25, 0.3) is 0 Å². The van der Waals surface area contributed by atoms with Gasteiger partial charge in [0.1, 0.15) is 6.04 Å². The van der Waals surface area contributed by atoms with E-state index in [2.05, 4.69) is 0 Å². The summed E-state index contributed by atoms with van der Waals surface area (Å²) in [5.74, 6) is -2.22. The van der Waals surface area contributed by atoms with Crippen molar-refractivity contribution in [2.75, 3.05) is 33.7 Å². The molecule has 2 fully saturated rings. The zero-order valence-electron chi connectivity index (χ0n) is 14.1. The summed E-state index contributed by atoms with van der Waals surface area (Å²) in [6, 6.07) is -1.86. The molecule has 4 atom stereocenters. The van der Waals surface area contributed by atoms with Crippen molar-refractivity contribution in [1.29, 1.82) is 0 Å². The van der Waals surface area contributed by atoms with E-state index in [4.69, 9.17) is 5.73 Å². The fourth-order valence-electron chi connectivity index (χ4n) is 3.41. The highest BCUT2D eigenvalue weighted by molar-refractivity contribution is 5.87. The van der Waals surface area contributed by atoms with Crippen molar-refractivity contribution < 1.29 is 24.6 Å². The Morgan fingerprint density at radius 3 is 2.42 bits per heavy atom. The van der Waals surface area contributed by atoms with Crippen LogP contribution in [-0.2, 0) is 9.59 Å². The lowest BCUT2D eigenvalue weighted by molar-refractivity contribution is -0.158. The minimum Gasteiger partial charge on any atom is -0.480 e. The summed E-state index contributed by atoms with van der Waals surface area (Å²) in [6.45, 7) is 0.336. The summed E-state index contributed by atoms with van der Waals surface area (Å²) >= 11 is 0. The van der Waals surface area contributed by atoms with Crippen LogP contribution in [0.2, 0.25) is 0 Å². The maximum Gasteiger partial charge on any atom is 0.328 e. The molecule has 9 nitrogen and oxygen atoms in total. The highest BCUT2D eigenvalue weighted by Gasteiger charge is 2.43. The molecule has 0 aromatic heterocycles. The molecule has 1 saturated heterocycles. The average Bonchev–Trinajstić information content (AvgIpc) is 2.55. The molecular weight excluding hydrogens is 316 g/mol. The molecule has 4 unspecified atom stereocenters. The van der Waals surface area contributed by atoms with Crippen molar-refractivity contribution in [3.63, 3.8) is 0 Å². The van der Waals surface area contributed by atoms with E-state index in [1.54, 1.807) is 14.1 Å². The maximum atomic E-state index is 12.8. The van der Waals surface area contributed by atoms with Crippen LogP contribution >= 0.6 is 0 Å². The predicted molar refractivity (Wildman–Crippen MR) is 85.1 cm³/mol. The molecule has 2 aliphatic rings. The number of carbonyl (C=O) groups is 3. The van der Waals surface area contributed by atoms with E-state index < -0.39 is 30.1 Å². The monoisotopic (exact) mass is 342 g/mol. The predicted octanol–water partition coefficient (Wildman–Crippen LogP) is -1.25. The van der Waals surface area contributed by atoms with Gasteiger partial charge in [-0.2, -0.15) is 0 Å². The van der Waals surface area contributed by atoms with Gasteiger partial charge in [-0.3, -0.25) is 4.79 Å². The van der Waals surface area contributed by atoms with Crippen molar-refractivity contribution in [2.45, 2.75) is 37.5 Å². The Morgan fingerprint density at radius 1 is 1.17 bits per heavy atom. The van der Waals surface area contributed by atoms with Crippen LogP contribution in [0.4, 0.5) is 4.79 Å². The number of aliphatic hydroxyl groups excluding tert-OH is 1. The van der Waals surface area contributed by atoms with Crippen LogP contribution in [0.1, 0.15) is 19.3 Å². The molecule has 0 bridgehead atoms. The van der Waals surface area contributed by atoms with Crippen LogP contribution in [0.5, 0.6) is 0 Å². The smallest absolute Gasteiger partial charge is 0.328 e. The second kappa shape index (κ2) is 7.35. The first kappa shape index (κ1) is 18.5. The minimum absolute atomic E-state index is 0.0625. The number of urea groups is 1. The Labute approximate surface area is 141 Å². The Kier molecular flexibility index (Phi) is 5.66. The lowest BCUT2D eigenvalue weighted by Gasteiger charge is -2.43. The summed E-state index contributed by atoms with van der Waals surface area (Å²) in [7, 11) is 3.19. The normalized spacial score (nSPS) is 30.8. The maximum absolute atomic E-state index is 12.8. The zero-order chi connectivity index (χ0) is 18.0. The summed E-state index contributed by atoms with van der Waals surface area (Å²) in [6.07, 6.45) is 0.919. The van der Waals surface area contributed by atoms with Crippen LogP contribution in [0, 0.1) is 5.92 Å². The van der Waals surface area contributed by atoms with Crippen molar-refractivity contribution in [3.8, 4) is 0 Å². The molecule has 0 spiro atoms. The number of nitrogens with two attached hydrogens (primary N) is 1. The second-order valence-electron chi connectivity index (χ2n) is 6.70. The summed E-state index contributed by atoms with van der Waals surface area (Å²) < 4.78 is 0. The molecule has 1 aliphatic heterocycles. The second-order valence-corrected chi connectivity index (χ2v) is 6.70. The molecule has 1 saturated carbocycles. The fourth-order valence-corrected chi connectivity index (χ4v) is 3.41. The number of hydrogen-bond acceptors (Lipinski definition) is 5. The van der Waals surface area contributed by atoms with Gasteiger partial charge in [0.2, 0.25) is 5.91 Å². The number of nitrogens with zero attached hydrogens (tertiary/aromatic N) is 3.